The topological polar surface area (TPSA) is 68.5 Å². The molecule has 0 bridgehead atoms. The van der Waals surface area contributed by atoms with Gasteiger partial charge in [-0.2, -0.15) is 0 Å². The molecule has 0 aliphatic heterocycles. The van der Waals surface area contributed by atoms with Crippen molar-refractivity contribution < 1.29 is 23.1 Å². The van der Waals surface area contributed by atoms with E-state index in [2.05, 4.69) is 5.32 Å². The largest absolute Gasteiger partial charge is 0.457 e. The van der Waals surface area contributed by atoms with Gasteiger partial charge in [0.15, 0.2) is 6.61 Å². The number of halogens is 1. The first-order valence-electron chi connectivity index (χ1n) is 5.42. The lowest BCUT2D eigenvalue weighted by Gasteiger charge is -2.06. The molecule has 0 unspecified atom stereocenters. The Kier molecular flexibility index (Phi) is 3.92. The number of esters is 1. The van der Waals surface area contributed by atoms with E-state index in [0.717, 1.165) is 0 Å². The summed E-state index contributed by atoms with van der Waals surface area (Å²) in [7, 11) is 0. The van der Waals surface area contributed by atoms with E-state index >= 15 is 0 Å². The first-order chi connectivity index (χ1) is 9.16. The molecule has 0 aliphatic rings. The van der Waals surface area contributed by atoms with E-state index in [-0.39, 0.29) is 11.4 Å². The average Bonchev–Trinajstić information content (AvgIpc) is 2.93. The van der Waals surface area contributed by atoms with Crippen LogP contribution in [0.5, 0.6) is 0 Å². The maximum Gasteiger partial charge on any atom is 0.374 e. The standard InChI is InChI=1S/C13H10FNO4/c14-9-4-1-2-5-10(9)15-12(16)8-19-13(17)11-6-3-7-18-11/h1-7H,8H2,(H,15,16). The number of ether oxygens (including phenoxy) is 1. The van der Waals surface area contributed by atoms with Crippen LogP contribution in [0.25, 0.3) is 0 Å². The maximum absolute atomic E-state index is 13.2. The molecule has 0 atom stereocenters. The van der Waals surface area contributed by atoms with Gasteiger partial charge in [0.2, 0.25) is 5.76 Å². The van der Waals surface area contributed by atoms with Crippen molar-refractivity contribution in [3.63, 3.8) is 0 Å². The number of carbonyl (C=O) groups is 2. The molecule has 0 aliphatic carbocycles. The number of nitrogens with one attached hydrogen (secondary N) is 1. The second-order valence-electron chi connectivity index (χ2n) is 3.58. The SMILES string of the molecule is O=C(COC(=O)c1ccco1)Nc1ccccc1F. The number of rotatable bonds is 4. The molecule has 0 spiro atoms. The highest BCUT2D eigenvalue weighted by Crippen LogP contribution is 2.12. The summed E-state index contributed by atoms with van der Waals surface area (Å²) in [6, 6.07) is 8.63. The Bertz CT molecular complexity index is 580. The third kappa shape index (κ3) is 3.41. The van der Waals surface area contributed by atoms with Crippen LogP contribution in [-0.2, 0) is 9.53 Å². The smallest absolute Gasteiger partial charge is 0.374 e. The number of para-hydroxylation sites is 1. The number of carbonyl (C=O) groups excluding carboxylic acids is 2. The van der Waals surface area contributed by atoms with Gasteiger partial charge < -0.3 is 14.5 Å². The minimum Gasteiger partial charge on any atom is -0.457 e. The molecule has 1 heterocycles. The number of hydrogen-bond donors (Lipinski definition) is 1. The van der Waals surface area contributed by atoms with Crippen LogP contribution >= 0.6 is 0 Å². The molecule has 2 aromatic rings. The molecule has 5 nitrogen and oxygen atoms in total. The van der Waals surface area contributed by atoms with Crippen LogP contribution in [-0.4, -0.2) is 18.5 Å². The van der Waals surface area contributed by atoms with Gasteiger partial charge in [0.25, 0.3) is 5.91 Å². The zero-order chi connectivity index (χ0) is 13.7. The maximum atomic E-state index is 13.2. The van der Waals surface area contributed by atoms with Crippen molar-refractivity contribution in [3.05, 3.63) is 54.2 Å². The van der Waals surface area contributed by atoms with Gasteiger partial charge in [0, 0.05) is 0 Å². The Morgan fingerprint density at radius 1 is 1.21 bits per heavy atom. The highest BCUT2D eigenvalue weighted by molar-refractivity contribution is 5.94. The number of benzene rings is 1. The van der Waals surface area contributed by atoms with Crippen LogP contribution in [0.1, 0.15) is 10.6 Å². The van der Waals surface area contributed by atoms with E-state index in [1.54, 1.807) is 6.07 Å². The Labute approximate surface area is 108 Å². The summed E-state index contributed by atoms with van der Waals surface area (Å²) in [6.45, 7) is -0.520. The Balaban J connectivity index is 1.86. The third-order valence-corrected chi connectivity index (χ3v) is 2.20. The van der Waals surface area contributed by atoms with Crippen molar-refractivity contribution in [2.24, 2.45) is 0 Å². The summed E-state index contributed by atoms with van der Waals surface area (Å²) in [5.74, 6) is -1.95. The quantitative estimate of drug-likeness (QED) is 0.859. The van der Waals surface area contributed by atoms with Crippen molar-refractivity contribution in [2.45, 2.75) is 0 Å². The average molecular weight is 263 g/mol. The molecular weight excluding hydrogens is 253 g/mol. The second-order valence-corrected chi connectivity index (χ2v) is 3.58. The highest BCUT2D eigenvalue weighted by atomic mass is 19.1. The van der Waals surface area contributed by atoms with Crippen LogP contribution in [0.4, 0.5) is 10.1 Å². The molecule has 1 N–H and O–H groups in total. The fraction of sp³-hybridized carbons (Fsp3) is 0.0769. The van der Waals surface area contributed by atoms with E-state index in [0.29, 0.717) is 0 Å². The summed E-state index contributed by atoms with van der Waals surface area (Å²) >= 11 is 0. The van der Waals surface area contributed by atoms with E-state index < -0.39 is 24.3 Å². The van der Waals surface area contributed by atoms with Crippen molar-refractivity contribution >= 4 is 17.6 Å². The number of anilines is 1. The van der Waals surface area contributed by atoms with E-state index in [1.807, 2.05) is 0 Å². The van der Waals surface area contributed by atoms with Crippen LogP contribution in [0.2, 0.25) is 0 Å². The Morgan fingerprint density at radius 2 is 2.00 bits per heavy atom. The summed E-state index contributed by atoms with van der Waals surface area (Å²) in [5, 5.41) is 2.29. The number of furan rings is 1. The van der Waals surface area contributed by atoms with Crippen molar-refractivity contribution in [1.82, 2.24) is 0 Å². The van der Waals surface area contributed by atoms with Gasteiger partial charge in [-0.25, -0.2) is 9.18 Å². The Hall–Kier alpha value is -2.63. The molecule has 6 heteroatoms. The molecular formula is C13H10FNO4. The first kappa shape index (κ1) is 12.8. The van der Waals surface area contributed by atoms with E-state index in [9.17, 15) is 14.0 Å². The third-order valence-electron chi connectivity index (χ3n) is 2.20. The highest BCUT2D eigenvalue weighted by Gasteiger charge is 2.13. The lowest BCUT2D eigenvalue weighted by atomic mass is 10.3. The van der Waals surface area contributed by atoms with Gasteiger partial charge in [-0.3, -0.25) is 4.79 Å². The second kappa shape index (κ2) is 5.81. The van der Waals surface area contributed by atoms with E-state index in [4.69, 9.17) is 9.15 Å². The van der Waals surface area contributed by atoms with Gasteiger partial charge in [0.05, 0.1) is 12.0 Å². The van der Waals surface area contributed by atoms with Crippen molar-refractivity contribution in [1.29, 1.82) is 0 Å². The minimum atomic E-state index is -0.756. The van der Waals surface area contributed by atoms with Crippen molar-refractivity contribution in [2.75, 3.05) is 11.9 Å². The van der Waals surface area contributed by atoms with Gasteiger partial charge in [0.1, 0.15) is 5.82 Å². The molecule has 1 aromatic heterocycles. The zero-order valence-corrected chi connectivity index (χ0v) is 9.76. The van der Waals surface area contributed by atoms with Gasteiger partial charge in [-0.15, -0.1) is 0 Å². The van der Waals surface area contributed by atoms with E-state index in [1.165, 1.54) is 36.6 Å². The van der Waals surface area contributed by atoms with Gasteiger partial charge in [-0.05, 0) is 24.3 Å². The fourth-order valence-corrected chi connectivity index (χ4v) is 1.35. The lowest BCUT2D eigenvalue weighted by molar-refractivity contribution is -0.119. The molecule has 2 rings (SSSR count). The van der Waals surface area contributed by atoms with Crippen LogP contribution in [0.3, 0.4) is 0 Å². The normalized spacial score (nSPS) is 9.95. The molecule has 0 saturated heterocycles. The van der Waals surface area contributed by atoms with Crippen LogP contribution < -0.4 is 5.32 Å². The molecule has 0 saturated carbocycles. The molecule has 1 amide bonds. The molecule has 1 aromatic carbocycles. The summed E-state index contributed by atoms with van der Waals surface area (Å²) in [6.07, 6.45) is 1.32. The molecule has 98 valence electrons. The number of hydrogen-bond acceptors (Lipinski definition) is 4. The predicted molar refractivity (Wildman–Crippen MR) is 64.0 cm³/mol. The predicted octanol–water partition coefficient (Wildman–Crippen LogP) is 2.21. The summed E-state index contributed by atoms with van der Waals surface area (Å²) < 4.78 is 22.7. The van der Waals surface area contributed by atoms with Crippen molar-refractivity contribution in [3.8, 4) is 0 Å². The van der Waals surface area contributed by atoms with Gasteiger partial charge in [-0.1, -0.05) is 12.1 Å². The monoisotopic (exact) mass is 263 g/mol. The fourth-order valence-electron chi connectivity index (χ4n) is 1.35. The first-order valence-corrected chi connectivity index (χ1v) is 5.42. The Morgan fingerprint density at radius 3 is 2.68 bits per heavy atom. The molecule has 0 radical (unpaired) electrons. The lowest BCUT2D eigenvalue weighted by Crippen LogP contribution is -2.21. The minimum absolute atomic E-state index is 0.00121. The molecule has 19 heavy (non-hydrogen) atoms. The van der Waals surface area contributed by atoms with Crippen LogP contribution in [0, 0.1) is 5.82 Å². The molecule has 0 fully saturated rings. The van der Waals surface area contributed by atoms with Gasteiger partial charge >= 0.3 is 5.97 Å². The zero-order valence-electron chi connectivity index (χ0n) is 9.76. The number of amides is 1. The summed E-state index contributed by atoms with van der Waals surface area (Å²) in [5.41, 5.74) is 0.0292. The van der Waals surface area contributed by atoms with Crippen LogP contribution in [0.15, 0.2) is 47.1 Å². The summed E-state index contributed by atoms with van der Waals surface area (Å²) in [4.78, 5) is 22.8.